The van der Waals surface area contributed by atoms with Gasteiger partial charge in [-0.25, -0.2) is 0 Å². The van der Waals surface area contributed by atoms with Gasteiger partial charge in [0.05, 0.1) is 12.3 Å². The Kier molecular flexibility index (Phi) is 11.1. The van der Waals surface area contributed by atoms with Crippen molar-refractivity contribution >= 4 is 17.3 Å². The lowest BCUT2D eigenvalue weighted by atomic mass is 9.89. The van der Waals surface area contributed by atoms with Crippen LogP contribution in [0.25, 0.3) is 0 Å². The first kappa shape index (κ1) is 23.4. The summed E-state index contributed by atoms with van der Waals surface area (Å²) in [6, 6.07) is 0. The third-order valence-corrected chi connectivity index (χ3v) is 4.23. The van der Waals surface area contributed by atoms with E-state index >= 15 is 0 Å². The van der Waals surface area contributed by atoms with E-state index in [2.05, 4.69) is 54.7 Å². The fraction of sp³-hybridized carbons (Fsp3) is 0.435. The highest BCUT2D eigenvalue weighted by molar-refractivity contribution is 6.31. The van der Waals surface area contributed by atoms with Crippen molar-refractivity contribution in [3.63, 3.8) is 0 Å². The Morgan fingerprint density at radius 2 is 1.64 bits per heavy atom. The Labute approximate surface area is 160 Å². The van der Waals surface area contributed by atoms with Crippen LogP contribution in [0.15, 0.2) is 74.8 Å². The maximum Gasteiger partial charge on any atom is 0.0681 e. The molecule has 0 radical (unpaired) electrons. The molecular formula is C23H34ClN. The molecule has 0 bridgehead atoms. The predicted octanol–water partition coefficient (Wildman–Crippen LogP) is 7.73. The average molecular weight is 360 g/mol. The quantitative estimate of drug-likeness (QED) is 0.227. The van der Waals surface area contributed by atoms with Gasteiger partial charge in [0.2, 0.25) is 0 Å². The normalized spacial score (nSPS) is 14.2. The molecule has 1 nitrogen and oxygen atoms in total. The summed E-state index contributed by atoms with van der Waals surface area (Å²) in [7, 11) is 0. The van der Waals surface area contributed by atoms with Crippen molar-refractivity contribution < 1.29 is 0 Å². The molecule has 0 aliphatic carbocycles. The van der Waals surface area contributed by atoms with E-state index in [0.717, 1.165) is 29.7 Å². The molecule has 0 aliphatic heterocycles. The van der Waals surface area contributed by atoms with Gasteiger partial charge in [-0.2, -0.15) is 0 Å². The van der Waals surface area contributed by atoms with Crippen LogP contribution in [0.1, 0.15) is 61.3 Å². The third-order valence-electron chi connectivity index (χ3n) is 3.95. The van der Waals surface area contributed by atoms with Gasteiger partial charge < -0.3 is 0 Å². The van der Waals surface area contributed by atoms with Gasteiger partial charge in [0.1, 0.15) is 0 Å². The SMILES string of the molecule is C=C\C(Cl)=C/C=C(C)/C(=N/CC(=C)C)C(=C(C)C)/C(C)=C(/C)CCC. The zero-order chi connectivity index (χ0) is 19.6. The molecule has 0 atom stereocenters. The lowest BCUT2D eigenvalue weighted by molar-refractivity contribution is 0.893. The summed E-state index contributed by atoms with van der Waals surface area (Å²) < 4.78 is 0. The predicted molar refractivity (Wildman–Crippen MR) is 117 cm³/mol. The van der Waals surface area contributed by atoms with Crippen LogP contribution >= 0.6 is 11.6 Å². The van der Waals surface area contributed by atoms with Crippen molar-refractivity contribution in [1.82, 2.24) is 0 Å². The maximum atomic E-state index is 6.06. The lowest BCUT2D eigenvalue weighted by Crippen LogP contribution is -2.10. The summed E-state index contributed by atoms with van der Waals surface area (Å²) in [6.45, 7) is 23.3. The molecule has 0 aromatic heterocycles. The summed E-state index contributed by atoms with van der Waals surface area (Å²) in [5.74, 6) is 0. The molecule has 0 spiro atoms. The first-order chi connectivity index (χ1) is 11.6. The van der Waals surface area contributed by atoms with Gasteiger partial charge in [0, 0.05) is 10.6 Å². The second kappa shape index (κ2) is 11.9. The van der Waals surface area contributed by atoms with Gasteiger partial charge in [0.15, 0.2) is 0 Å². The molecule has 25 heavy (non-hydrogen) atoms. The van der Waals surface area contributed by atoms with E-state index in [0.29, 0.717) is 11.6 Å². The highest BCUT2D eigenvalue weighted by Gasteiger charge is 2.14. The first-order valence-corrected chi connectivity index (χ1v) is 9.23. The van der Waals surface area contributed by atoms with E-state index in [1.165, 1.54) is 22.3 Å². The van der Waals surface area contributed by atoms with Gasteiger partial charge in [-0.3, -0.25) is 4.99 Å². The van der Waals surface area contributed by atoms with Crippen LogP contribution in [0.5, 0.6) is 0 Å². The molecule has 0 fully saturated rings. The van der Waals surface area contributed by atoms with E-state index in [9.17, 15) is 0 Å². The molecular weight excluding hydrogens is 326 g/mol. The van der Waals surface area contributed by atoms with Crippen LogP contribution in [0.4, 0.5) is 0 Å². The number of rotatable bonds is 9. The summed E-state index contributed by atoms with van der Waals surface area (Å²) in [6.07, 6.45) is 7.74. The Hall–Kier alpha value is -1.60. The standard InChI is InChI=1S/C23H34ClN/c1-10-12-18(7)20(9)22(17(5)6)23(25-15-16(3)4)19(8)13-14-21(24)11-2/h11,13-14H,2-3,10,12,15H2,1,4-9H3/b19-13+,20-18-,21-14+,25-23-. The fourth-order valence-corrected chi connectivity index (χ4v) is 2.59. The van der Waals surface area contributed by atoms with Crippen LogP contribution in [0.3, 0.4) is 0 Å². The van der Waals surface area contributed by atoms with E-state index in [1.54, 1.807) is 6.08 Å². The number of halogens is 1. The van der Waals surface area contributed by atoms with Gasteiger partial charge >= 0.3 is 0 Å². The smallest absolute Gasteiger partial charge is 0.0681 e. The molecule has 0 rings (SSSR count). The minimum atomic E-state index is 0.617. The molecule has 0 N–H and O–H groups in total. The van der Waals surface area contributed by atoms with Crippen LogP contribution in [-0.4, -0.2) is 12.3 Å². The third kappa shape index (κ3) is 8.36. The van der Waals surface area contributed by atoms with Crippen LogP contribution in [-0.2, 0) is 0 Å². The molecule has 0 aliphatic rings. The number of aliphatic imine (C=N–C) groups is 1. The Morgan fingerprint density at radius 1 is 1.04 bits per heavy atom. The largest absolute Gasteiger partial charge is 0.280 e. The Morgan fingerprint density at radius 3 is 2.08 bits per heavy atom. The number of hydrogen-bond acceptors (Lipinski definition) is 1. The molecule has 0 unspecified atom stereocenters. The first-order valence-electron chi connectivity index (χ1n) is 8.85. The summed E-state index contributed by atoms with van der Waals surface area (Å²) in [5.41, 5.74) is 8.36. The van der Waals surface area contributed by atoms with Gasteiger partial charge in [-0.15, -0.1) is 0 Å². The second-order valence-electron chi connectivity index (χ2n) is 6.76. The van der Waals surface area contributed by atoms with E-state index in [4.69, 9.17) is 16.6 Å². The molecule has 0 aromatic rings. The number of hydrogen-bond donors (Lipinski definition) is 0. The van der Waals surface area contributed by atoms with Crippen molar-refractivity contribution in [1.29, 1.82) is 0 Å². The monoisotopic (exact) mass is 359 g/mol. The van der Waals surface area contributed by atoms with Crippen molar-refractivity contribution in [3.8, 4) is 0 Å². The molecule has 0 saturated carbocycles. The minimum absolute atomic E-state index is 0.617. The van der Waals surface area contributed by atoms with Gasteiger partial charge in [-0.05, 0) is 65.2 Å². The van der Waals surface area contributed by atoms with E-state index in [1.807, 2.05) is 19.1 Å². The van der Waals surface area contributed by atoms with E-state index < -0.39 is 0 Å². The molecule has 0 amide bonds. The average Bonchev–Trinajstić information content (AvgIpc) is 2.54. The van der Waals surface area contributed by atoms with Crippen molar-refractivity contribution in [3.05, 3.63) is 69.9 Å². The Bertz CT molecular complexity index is 648. The van der Waals surface area contributed by atoms with Crippen LogP contribution < -0.4 is 0 Å². The molecule has 0 aromatic carbocycles. The fourth-order valence-electron chi connectivity index (χ4n) is 2.53. The van der Waals surface area contributed by atoms with Crippen LogP contribution in [0, 0.1) is 0 Å². The Balaban J connectivity index is 6.32. The van der Waals surface area contributed by atoms with Crippen molar-refractivity contribution in [2.45, 2.75) is 61.3 Å². The molecule has 2 heteroatoms. The topological polar surface area (TPSA) is 12.4 Å². The van der Waals surface area contributed by atoms with Crippen LogP contribution in [0.2, 0.25) is 0 Å². The highest BCUT2D eigenvalue weighted by atomic mass is 35.5. The summed E-state index contributed by atoms with van der Waals surface area (Å²) in [5, 5.41) is 0.617. The zero-order valence-corrected chi connectivity index (χ0v) is 17.8. The highest BCUT2D eigenvalue weighted by Crippen LogP contribution is 2.26. The second-order valence-corrected chi connectivity index (χ2v) is 7.19. The van der Waals surface area contributed by atoms with E-state index in [-0.39, 0.29) is 0 Å². The van der Waals surface area contributed by atoms with Crippen molar-refractivity contribution in [2.75, 3.05) is 6.54 Å². The maximum absolute atomic E-state index is 6.06. The summed E-state index contributed by atoms with van der Waals surface area (Å²) >= 11 is 6.06. The molecule has 0 saturated heterocycles. The minimum Gasteiger partial charge on any atom is -0.280 e. The zero-order valence-electron chi connectivity index (χ0n) is 17.1. The van der Waals surface area contributed by atoms with Gasteiger partial charge in [-0.1, -0.05) is 67.0 Å². The number of allylic oxidation sites excluding steroid dienone is 9. The van der Waals surface area contributed by atoms with Crippen molar-refractivity contribution in [2.24, 2.45) is 4.99 Å². The van der Waals surface area contributed by atoms with Gasteiger partial charge in [0.25, 0.3) is 0 Å². The lowest BCUT2D eigenvalue weighted by Gasteiger charge is -2.18. The molecule has 0 heterocycles. The number of nitrogens with zero attached hydrogens (tertiary/aromatic N) is 1. The molecule has 138 valence electrons. The summed E-state index contributed by atoms with van der Waals surface area (Å²) in [4.78, 5) is 4.87.